The molecule has 0 aliphatic rings. The molecule has 0 saturated heterocycles. The molecule has 78 valence electrons. The van der Waals surface area contributed by atoms with Gasteiger partial charge in [-0.05, 0) is 18.2 Å². The lowest BCUT2D eigenvalue weighted by Crippen LogP contribution is -1.96. The van der Waals surface area contributed by atoms with Crippen LogP contribution in [0.3, 0.4) is 0 Å². The van der Waals surface area contributed by atoms with Crippen LogP contribution < -0.4 is 5.73 Å². The molecule has 15 heavy (non-hydrogen) atoms. The van der Waals surface area contributed by atoms with Gasteiger partial charge < -0.3 is 15.9 Å². The first-order valence-electron chi connectivity index (χ1n) is 4.40. The molecular weight excluding hydrogens is 194 g/mol. The summed E-state index contributed by atoms with van der Waals surface area (Å²) in [6.07, 6.45) is 0. The molecule has 0 radical (unpaired) electrons. The summed E-state index contributed by atoms with van der Waals surface area (Å²) >= 11 is 0. The van der Waals surface area contributed by atoms with E-state index in [-0.39, 0.29) is 11.5 Å². The normalized spacial score (nSPS) is 10.5. The number of nitrogens with two attached hydrogens (primary N) is 1. The molecule has 0 aliphatic heterocycles. The predicted molar refractivity (Wildman–Crippen MR) is 56.4 cm³/mol. The van der Waals surface area contributed by atoms with Crippen molar-refractivity contribution in [1.82, 2.24) is 9.78 Å². The largest absolute Gasteiger partial charge is 0.504 e. The summed E-state index contributed by atoms with van der Waals surface area (Å²) < 4.78 is 1.54. The number of hydrogen-bond acceptors (Lipinski definition) is 4. The fourth-order valence-corrected chi connectivity index (χ4v) is 1.31. The van der Waals surface area contributed by atoms with E-state index in [2.05, 4.69) is 5.10 Å². The topological polar surface area (TPSA) is 84.3 Å². The van der Waals surface area contributed by atoms with Gasteiger partial charge in [0, 0.05) is 18.7 Å². The molecule has 0 unspecified atom stereocenters. The van der Waals surface area contributed by atoms with Crippen LogP contribution in [-0.2, 0) is 7.05 Å². The minimum absolute atomic E-state index is 0.150. The molecule has 2 rings (SSSR count). The lowest BCUT2D eigenvalue weighted by atomic mass is 10.1. The second-order valence-corrected chi connectivity index (χ2v) is 3.28. The molecule has 0 atom stereocenters. The van der Waals surface area contributed by atoms with E-state index in [1.165, 1.54) is 12.1 Å². The number of anilines is 1. The van der Waals surface area contributed by atoms with Crippen molar-refractivity contribution in [2.24, 2.45) is 7.05 Å². The average molecular weight is 205 g/mol. The molecule has 1 heterocycles. The number of rotatable bonds is 1. The molecule has 2 aromatic rings. The number of phenolic OH excluding ortho intramolecular Hbond substituents is 2. The molecule has 0 aliphatic carbocycles. The zero-order chi connectivity index (χ0) is 11.0. The molecule has 0 amide bonds. The first kappa shape index (κ1) is 9.39. The average Bonchev–Trinajstić information content (AvgIpc) is 2.52. The van der Waals surface area contributed by atoms with E-state index >= 15 is 0 Å². The van der Waals surface area contributed by atoms with Gasteiger partial charge in [-0.1, -0.05) is 0 Å². The van der Waals surface area contributed by atoms with Crippen molar-refractivity contribution in [2.75, 3.05) is 5.73 Å². The number of nitrogens with zero attached hydrogens (tertiary/aromatic N) is 2. The van der Waals surface area contributed by atoms with Crippen molar-refractivity contribution < 1.29 is 10.2 Å². The van der Waals surface area contributed by atoms with Crippen molar-refractivity contribution in [1.29, 1.82) is 0 Å². The lowest BCUT2D eigenvalue weighted by molar-refractivity contribution is 0.404. The summed E-state index contributed by atoms with van der Waals surface area (Å²) in [7, 11) is 1.74. The SMILES string of the molecule is Cn1nc(-c2ccc(O)c(O)c2)cc1N. The Morgan fingerprint density at radius 1 is 1.20 bits per heavy atom. The maximum Gasteiger partial charge on any atom is 0.158 e. The monoisotopic (exact) mass is 205 g/mol. The van der Waals surface area contributed by atoms with Crippen LogP contribution in [-0.4, -0.2) is 20.0 Å². The van der Waals surface area contributed by atoms with Crippen LogP contribution in [0.1, 0.15) is 0 Å². The smallest absolute Gasteiger partial charge is 0.158 e. The van der Waals surface area contributed by atoms with Crippen molar-refractivity contribution in [3.8, 4) is 22.8 Å². The number of nitrogen functional groups attached to an aromatic ring is 1. The minimum Gasteiger partial charge on any atom is -0.504 e. The zero-order valence-electron chi connectivity index (χ0n) is 8.18. The molecule has 0 spiro atoms. The summed E-state index contributed by atoms with van der Waals surface area (Å²) in [5.74, 6) is 0.219. The highest BCUT2D eigenvalue weighted by Gasteiger charge is 2.07. The van der Waals surface area contributed by atoms with Crippen LogP contribution >= 0.6 is 0 Å². The molecule has 0 saturated carbocycles. The van der Waals surface area contributed by atoms with Gasteiger partial charge >= 0.3 is 0 Å². The standard InChI is InChI=1S/C10H11N3O2/c1-13-10(11)5-7(12-13)6-2-3-8(14)9(15)4-6/h2-5,14-15H,11H2,1H3. The Balaban J connectivity index is 2.49. The van der Waals surface area contributed by atoms with Crippen LogP contribution in [0.5, 0.6) is 11.5 Å². The zero-order valence-corrected chi connectivity index (χ0v) is 8.18. The number of aromatic hydroxyl groups is 2. The van der Waals surface area contributed by atoms with E-state index < -0.39 is 0 Å². The third-order valence-electron chi connectivity index (χ3n) is 2.19. The van der Waals surface area contributed by atoms with Crippen LogP contribution in [0.2, 0.25) is 0 Å². The van der Waals surface area contributed by atoms with Gasteiger partial charge in [-0.15, -0.1) is 0 Å². The van der Waals surface area contributed by atoms with Crippen molar-refractivity contribution in [3.05, 3.63) is 24.3 Å². The summed E-state index contributed by atoms with van der Waals surface area (Å²) in [5.41, 5.74) is 7.00. The third-order valence-corrected chi connectivity index (χ3v) is 2.19. The Kier molecular flexibility index (Phi) is 2.00. The first-order valence-corrected chi connectivity index (χ1v) is 4.40. The number of aryl methyl sites for hydroxylation is 1. The van der Waals surface area contributed by atoms with Crippen LogP contribution in [0, 0.1) is 0 Å². The summed E-state index contributed by atoms with van der Waals surface area (Å²) in [4.78, 5) is 0. The second-order valence-electron chi connectivity index (χ2n) is 3.28. The number of phenols is 2. The summed E-state index contributed by atoms with van der Waals surface area (Å²) in [6.45, 7) is 0. The quantitative estimate of drug-likeness (QED) is 0.608. The van der Waals surface area contributed by atoms with E-state index in [0.717, 1.165) is 0 Å². The molecule has 0 fully saturated rings. The van der Waals surface area contributed by atoms with Crippen LogP contribution in [0.4, 0.5) is 5.82 Å². The van der Waals surface area contributed by atoms with E-state index in [9.17, 15) is 5.11 Å². The Morgan fingerprint density at radius 3 is 2.47 bits per heavy atom. The lowest BCUT2D eigenvalue weighted by Gasteiger charge is -1.99. The molecule has 1 aromatic heterocycles. The number of hydrogen-bond donors (Lipinski definition) is 3. The van der Waals surface area contributed by atoms with Gasteiger partial charge in [0.05, 0.1) is 5.69 Å². The minimum atomic E-state index is -0.170. The van der Waals surface area contributed by atoms with Gasteiger partial charge in [-0.2, -0.15) is 5.10 Å². The first-order chi connectivity index (χ1) is 7.08. The summed E-state index contributed by atoms with van der Waals surface area (Å²) in [5, 5.41) is 22.6. The molecule has 1 aromatic carbocycles. The van der Waals surface area contributed by atoms with E-state index in [0.29, 0.717) is 17.1 Å². The second kappa shape index (κ2) is 3.20. The molecule has 5 nitrogen and oxygen atoms in total. The summed E-state index contributed by atoms with van der Waals surface area (Å²) in [6, 6.07) is 6.22. The van der Waals surface area contributed by atoms with E-state index in [1.54, 1.807) is 23.9 Å². The highest BCUT2D eigenvalue weighted by atomic mass is 16.3. The van der Waals surface area contributed by atoms with Gasteiger partial charge in [0.2, 0.25) is 0 Å². The fourth-order valence-electron chi connectivity index (χ4n) is 1.31. The number of benzene rings is 1. The van der Waals surface area contributed by atoms with Gasteiger partial charge in [-0.3, -0.25) is 4.68 Å². The molecule has 4 N–H and O–H groups in total. The van der Waals surface area contributed by atoms with Gasteiger partial charge in [0.25, 0.3) is 0 Å². The van der Waals surface area contributed by atoms with Crippen LogP contribution in [0.25, 0.3) is 11.3 Å². The van der Waals surface area contributed by atoms with Gasteiger partial charge in [0.1, 0.15) is 5.82 Å². The highest BCUT2D eigenvalue weighted by molar-refractivity contribution is 5.65. The van der Waals surface area contributed by atoms with E-state index in [1.807, 2.05) is 0 Å². The van der Waals surface area contributed by atoms with Crippen molar-refractivity contribution in [3.63, 3.8) is 0 Å². The van der Waals surface area contributed by atoms with Crippen LogP contribution in [0.15, 0.2) is 24.3 Å². The predicted octanol–water partition coefficient (Wildman–Crippen LogP) is 1.08. The van der Waals surface area contributed by atoms with Crippen molar-refractivity contribution >= 4 is 5.82 Å². The Labute approximate surface area is 86.4 Å². The van der Waals surface area contributed by atoms with Crippen molar-refractivity contribution in [2.45, 2.75) is 0 Å². The number of aromatic nitrogens is 2. The molecule has 5 heteroatoms. The fraction of sp³-hybridized carbons (Fsp3) is 0.100. The van der Waals surface area contributed by atoms with E-state index in [4.69, 9.17) is 10.8 Å². The Hall–Kier alpha value is -2.17. The maximum absolute atomic E-state index is 9.32. The maximum atomic E-state index is 9.32. The Bertz CT molecular complexity index is 486. The molecular formula is C10H11N3O2. The molecule has 0 bridgehead atoms. The highest BCUT2D eigenvalue weighted by Crippen LogP contribution is 2.30. The Morgan fingerprint density at radius 2 is 1.93 bits per heavy atom. The third kappa shape index (κ3) is 1.59. The van der Waals surface area contributed by atoms with Gasteiger partial charge in [-0.25, -0.2) is 0 Å². The van der Waals surface area contributed by atoms with Gasteiger partial charge in [0.15, 0.2) is 11.5 Å².